The van der Waals surface area contributed by atoms with E-state index in [1.54, 1.807) is 25.1 Å². The molecule has 0 saturated carbocycles. The molecule has 0 aliphatic rings. The second-order valence-electron chi connectivity index (χ2n) is 4.09. The lowest BCUT2D eigenvalue weighted by molar-refractivity contribution is -0.147. The number of rotatable bonds is 7. The number of carbonyl (C=O) groups excluding carboxylic acids is 2. The molecule has 1 amide bonds. The molecule has 0 atom stereocenters. The molecule has 0 unspecified atom stereocenters. The monoisotopic (exact) mass is 277 g/mol. The van der Waals surface area contributed by atoms with Gasteiger partial charge < -0.3 is 14.1 Å². The SMILES string of the molecule is C=CCN(CC(=O)OCC)C(=O)/C=C/c1ccc(C)o1. The molecule has 0 N–H and O–H groups in total. The zero-order chi connectivity index (χ0) is 15.0. The molecule has 5 nitrogen and oxygen atoms in total. The van der Waals surface area contributed by atoms with Gasteiger partial charge in [-0.05, 0) is 32.1 Å². The molecule has 1 heterocycles. The topological polar surface area (TPSA) is 59.8 Å². The second-order valence-corrected chi connectivity index (χ2v) is 4.09. The maximum atomic E-state index is 12.0. The average Bonchev–Trinajstić information content (AvgIpc) is 2.81. The minimum atomic E-state index is -0.440. The standard InChI is InChI=1S/C15H19NO4/c1-4-10-16(11-15(18)19-5-2)14(17)9-8-13-7-6-12(3)20-13/h4,6-9H,1,5,10-11H2,2-3H3/b9-8+. The van der Waals surface area contributed by atoms with E-state index in [2.05, 4.69) is 6.58 Å². The number of ether oxygens (including phenoxy) is 1. The molecule has 1 aromatic rings. The van der Waals surface area contributed by atoms with Crippen molar-refractivity contribution in [1.29, 1.82) is 0 Å². The van der Waals surface area contributed by atoms with Gasteiger partial charge in [0, 0.05) is 12.6 Å². The lowest BCUT2D eigenvalue weighted by Crippen LogP contribution is -2.35. The highest BCUT2D eigenvalue weighted by molar-refractivity contribution is 5.93. The fourth-order valence-corrected chi connectivity index (χ4v) is 1.55. The Labute approximate surface area is 118 Å². The van der Waals surface area contributed by atoms with Gasteiger partial charge in [0.25, 0.3) is 0 Å². The Balaban J connectivity index is 2.65. The third-order valence-electron chi connectivity index (χ3n) is 2.44. The molecule has 0 aliphatic carbocycles. The lowest BCUT2D eigenvalue weighted by Gasteiger charge is -2.17. The van der Waals surface area contributed by atoms with Crippen molar-refractivity contribution in [3.63, 3.8) is 0 Å². The summed E-state index contributed by atoms with van der Waals surface area (Å²) in [7, 11) is 0. The Bertz CT molecular complexity index is 502. The molecule has 5 heteroatoms. The molecule has 1 rings (SSSR count). The van der Waals surface area contributed by atoms with Crippen LogP contribution in [0.4, 0.5) is 0 Å². The minimum Gasteiger partial charge on any atom is -0.465 e. The first-order valence-corrected chi connectivity index (χ1v) is 6.36. The number of nitrogens with zero attached hydrogens (tertiary/aromatic N) is 1. The van der Waals surface area contributed by atoms with Gasteiger partial charge in [-0.2, -0.15) is 0 Å². The quantitative estimate of drug-likeness (QED) is 0.435. The summed E-state index contributed by atoms with van der Waals surface area (Å²) in [6.07, 6.45) is 4.49. The van der Waals surface area contributed by atoms with E-state index in [-0.39, 0.29) is 25.6 Å². The van der Waals surface area contributed by atoms with Crippen molar-refractivity contribution in [1.82, 2.24) is 4.90 Å². The van der Waals surface area contributed by atoms with E-state index < -0.39 is 5.97 Å². The van der Waals surface area contributed by atoms with Crippen LogP contribution in [-0.4, -0.2) is 36.5 Å². The predicted molar refractivity (Wildman–Crippen MR) is 75.9 cm³/mol. The van der Waals surface area contributed by atoms with Crippen molar-refractivity contribution in [3.8, 4) is 0 Å². The van der Waals surface area contributed by atoms with Crippen LogP contribution in [0.2, 0.25) is 0 Å². The Morgan fingerprint density at radius 2 is 2.20 bits per heavy atom. The molecular formula is C15H19NO4. The maximum Gasteiger partial charge on any atom is 0.325 e. The summed E-state index contributed by atoms with van der Waals surface area (Å²) >= 11 is 0. The third-order valence-corrected chi connectivity index (χ3v) is 2.44. The van der Waals surface area contributed by atoms with Crippen molar-refractivity contribution in [3.05, 3.63) is 42.4 Å². The van der Waals surface area contributed by atoms with Crippen molar-refractivity contribution >= 4 is 18.0 Å². The van der Waals surface area contributed by atoms with Crippen LogP contribution in [0.25, 0.3) is 6.08 Å². The first-order valence-electron chi connectivity index (χ1n) is 6.36. The summed E-state index contributed by atoms with van der Waals surface area (Å²) in [5, 5.41) is 0. The van der Waals surface area contributed by atoms with Crippen LogP contribution in [-0.2, 0) is 14.3 Å². The highest BCUT2D eigenvalue weighted by atomic mass is 16.5. The Morgan fingerprint density at radius 3 is 2.75 bits per heavy atom. The van der Waals surface area contributed by atoms with Gasteiger partial charge in [-0.25, -0.2) is 0 Å². The average molecular weight is 277 g/mol. The first-order chi connectivity index (χ1) is 9.56. The number of hydrogen-bond acceptors (Lipinski definition) is 4. The number of furan rings is 1. The highest BCUT2D eigenvalue weighted by Gasteiger charge is 2.14. The molecule has 0 aromatic carbocycles. The molecule has 0 radical (unpaired) electrons. The van der Waals surface area contributed by atoms with E-state index in [4.69, 9.17) is 9.15 Å². The van der Waals surface area contributed by atoms with E-state index in [0.717, 1.165) is 5.76 Å². The molecular weight excluding hydrogens is 258 g/mol. The summed E-state index contributed by atoms with van der Waals surface area (Å²) in [6.45, 7) is 7.58. The van der Waals surface area contributed by atoms with Crippen LogP contribution in [0.1, 0.15) is 18.4 Å². The van der Waals surface area contributed by atoms with Gasteiger partial charge in [0.1, 0.15) is 18.1 Å². The minimum absolute atomic E-state index is 0.0970. The third kappa shape index (κ3) is 5.14. The lowest BCUT2D eigenvalue weighted by atomic mass is 10.3. The molecule has 0 bridgehead atoms. The van der Waals surface area contributed by atoms with Gasteiger partial charge in [0.15, 0.2) is 0 Å². The largest absolute Gasteiger partial charge is 0.465 e. The molecule has 108 valence electrons. The summed E-state index contributed by atoms with van der Waals surface area (Å²) in [4.78, 5) is 24.8. The van der Waals surface area contributed by atoms with Gasteiger partial charge in [-0.3, -0.25) is 9.59 Å². The van der Waals surface area contributed by atoms with Crippen LogP contribution in [0, 0.1) is 6.92 Å². The highest BCUT2D eigenvalue weighted by Crippen LogP contribution is 2.08. The molecule has 1 aromatic heterocycles. The van der Waals surface area contributed by atoms with Gasteiger partial charge in [-0.1, -0.05) is 6.08 Å². The van der Waals surface area contributed by atoms with E-state index in [1.807, 2.05) is 13.0 Å². The first kappa shape index (κ1) is 15.8. The van der Waals surface area contributed by atoms with Gasteiger partial charge in [-0.15, -0.1) is 6.58 Å². The van der Waals surface area contributed by atoms with Gasteiger partial charge in [0.2, 0.25) is 5.91 Å². The van der Waals surface area contributed by atoms with E-state index in [0.29, 0.717) is 5.76 Å². The molecule has 0 aliphatic heterocycles. The zero-order valence-electron chi connectivity index (χ0n) is 11.8. The fourth-order valence-electron chi connectivity index (χ4n) is 1.55. The van der Waals surface area contributed by atoms with Crippen LogP contribution in [0.3, 0.4) is 0 Å². The second kappa shape index (κ2) is 7.99. The smallest absolute Gasteiger partial charge is 0.325 e. The number of hydrogen-bond donors (Lipinski definition) is 0. The summed E-state index contributed by atoms with van der Waals surface area (Å²) in [6, 6.07) is 3.58. The van der Waals surface area contributed by atoms with Crippen molar-refractivity contribution in [2.45, 2.75) is 13.8 Å². The number of amides is 1. The van der Waals surface area contributed by atoms with Crippen molar-refractivity contribution in [2.75, 3.05) is 19.7 Å². The van der Waals surface area contributed by atoms with Crippen LogP contribution >= 0.6 is 0 Å². The fraction of sp³-hybridized carbons (Fsp3) is 0.333. The predicted octanol–water partition coefficient (Wildman–Crippen LogP) is 2.18. The van der Waals surface area contributed by atoms with E-state index in [1.165, 1.54) is 11.0 Å². The van der Waals surface area contributed by atoms with E-state index in [9.17, 15) is 9.59 Å². The summed E-state index contributed by atoms with van der Waals surface area (Å²) in [5.74, 6) is 0.619. The number of carbonyl (C=O) groups is 2. The van der Waals surface area contributed by atoms with Crippen LogP contribution in [0.15, 0.2) is 35.3 Å². The van der Waals surface area contributed by atoms with E-state index >= 15 is 0 Å². The van der Waals surface area contributed by atoms with Gasteiger partial charge >= 0.3 is 5.97 Å². The maximum absolute atomic E-state index is 12.0. The van der Waals surface area contributed by atoms with Crippen LogP contribution < -0.4 is 0 Å². The summed E-state index contributed by atoms with van der Waals surface area (Å²) < 4.78 is 10.1. The molecule has 0 saturated heterocycles. The van der Waals surface area contributed by atoms with Crippen molar-refractivity contribution in [2.24, 2.45) is 0 Å². The normalized spacial score (nSPS) is 10.5. The molecule has 20 heavy (non-hydrogen) atoms. The molecule has 0 fully saturated rings. The zero-order valence-corrected chi connectivity index (χ0v) is 11.8. The number of aryl methyl sites for hydroxylation is 1. The van der Waals surface area contributed by atoms with Crippen molar-refractivity contribution < 1.29 is 18.7 Å². The molecule has 0 spiro atoms. The Morgan fingerprint density at radius 1 is 1.45 bits per heavy atom. The number of esters is 1. The Kier molecular flexibility index (Phi) is 6.29. The van der Waals surface area contributed by atoms with Crippen LogP contribution in [0.5, 0.6) is 0 Å². The Hall–Kier alpha value is -2.30. The summed E-state index contributed by atoms with van der Waals surface area (Å²) in [5.41, 5.74) is 0. The van der Waals surface area contributed by atoms with Gasteiger partial charge in [0.05, 0.1) is 6.61 Å².